The molecule has 0 aliphatic carbocycles. The first-order valence-electron chi connectivity index (χ1n) is 11.6. The summed E-state index contributed by atoms with van der Waals surface area (Å²) in [5.74, 6) is 1.39. The van der Waals surface area contributed by atoms with Crippen LogP contribution in [-0.4, -0.2) is 72.5 Å². The largest absolute Gasteiger partial charge is 0.497 e. The molecule has 0 saturated carbocycles. The van der Waals surface area contributed by atoms with Gasteiger partial charge < -0.3 is 29.4 Å². The van der Waals surface area contributed by atoms with Crippen LogP contribution in [-0.2, 0) is 11.2 Å². The van der Waals surface area contributed by atoms with E-state index in [9.17, 15) is 9.90 Å². The van der Waals surface area contributed by atoms with Gasteiger partial charge in [-0.15, -0.1) is 0 Å². The van der Waals surface area contributed by atoms with E-state index in [-0.39, 0.29) is 18.9 Å². The van der Waals surface area contributed by atoms with E-state index in [1.54, 1.807) is 26.7 Å². The Labute approximate surface area is 206 Å². The molecule has 8 nitrogen and oxygen atoms in total. The van der Waals surface area contributed by atoms with E-state index in [2.05, 4.69) is 10.3 Å². The number of aromatic nitrogens is 2. The number of nitrogens with one attached hydrogen (secondary N) is 1. The first-order valence-corrected chi connectivity index (χ1v) is 11.6. The number of rotatable bonds is 13. The van der Waals surface area contributed by atoms with Crippen LogP contribution in [0.25, 0.3) is 11.8 Å². The Bertz CT molecular complexity index is 1060. The van der Waals surface area contributed by atoms with Gasteiger partial charge in [-0.1, -0.05) is 24.3 Å². The second-order valence-corrected chi connectivity index (χ2v) is 8.36. The molecule has 0 spiro atoms. The number of carbonyl (C=O) groups excluding carboxylic acids is 1. The molecule has 1 atom stereocenters. The first kappa shape index (κ1) is 26.0. The molecule has 0 saturated heterocycles. The Morgan fingerprint density at radius 2 is 1.89 bits per heavy atom. The van der Waals surface area contributed by atoms with Crippen molar-refractivity contribution in [2.75, 3.05) is 40.9 Å². The molecule has 1 amide bonds. The number of methoxy groups -OCH3 is 2. The smallest absolute Gasteiger partial charge is 0.223 e. The topological polar surface area (TPSA) is 88.9 Å². The van der Waals surface area contributed by atoms with Gasteiger partial charge in [0, 0.05) is 50.2 Å². The van der Waals surface area contributed by atoms with Crippen molar-refractivity contribution in [2.45, 2.75) is 18.9 Å². The van der Waals surface area contributed by atoms with Crippen molar-refractivity contribution in [1.82, 2.24) is 19.8 Å². The molecule has 1 aromatic heterocycles. The third-order valence-corrected chi connectivity index (χ3v) is 5.56. The van der Waals surface area contributed by atoms with E-state index in [0.29, 0.717) is 6.54 Å². The van der Waals surface area contributed by atoms with Crippen LogP contribution in [0.1, 0.15) is 17.5 Å². The van der Waals surface area contributed by atoms with Crippen molar-refractivity contribution < 1.29 is 19.4 Å². The molecule has 0 aliphatic heterocycles. The number of carbonyl (C=O) groups is 1. The standard InChI is InChI=1S/C27H34N4O4/c1-30(13-11-22-15-25(34-2)17-26(16-22)35-3)19-24(32)18-29-27(33)6-4-5-21-7-9-23(10-8-21)31-14-12-28-20-31/h4-5,7-10,12,14-17,20,24,32H,6,11,13,18-19H2,1-3H3,(H,29,33)/b5-4+. The van der Waals surface area contributed by atoms with E-state index in [0.717, 1.165) is 41.3 Å². The summed E-state index contributed by atoms with van der Waals surface area (Å²) in [5, 5.41) is 13.1. The number of nitrogens with zero attached hydrogens (tertiary/aromatic N) is 3. The van der Waals surface area contributed by atoms with Crippen molar-refractivity contribution in [2.24, 2.45) is 0 Å². The molecule has 35 heavy (non-hydrogen) atoms. The summed E-state index contributed by atoms with van der Waals surface area (Å²) in [5.41, 5.74) is 3.13. The maximum atomic E-state index is 12.1. The summed E-state index contributed by atoms with van der Waals surface area (Å²) in [6, 6.07) is 13.8. The van der Waals surface area contributed by atoms with E-state index in [1.807, 2.05) is 77.3 Å². The molecule has 2 N–H and O–H groups in total. The summed E-state index contributed by atoms with van der Waals surface area (Å²) >= 11 is 0. The van der Waals surface area contributed by atoms with Crippen LogP contribution >= 0.6 is 0 Å². The zero-order valence-electron chi connectivity index (χ0n) is 20.6. The Morgan fingerprint density at radius 1 is 1.17 bits per heavy atom. The highest BCUT2D eigenvalue weighted by Gasteiger charge is 2.10. The van der Waals surface area contributed by atoms with Crippen molar-refractivity contribution in [1.29, 1.82) is 0 Å². The fraction of sp³-hybridized carbons (Fsp3) is 0.333. The number of imidazole rings is 1. The molecule has 0 radical (unpaired) electrons. The van der Waals surface area contributed by atoms with E-state index >= 15 is 0 Å². The highest BCUT2D eigenvalue weighted by Crippen LogP contribution is 2.22. The Hall–Kier alpha value is -3.62. The monoisotopic (exact) mass is 478 g/mol. The highest BCUT2D eigenvalue weighted by molar-refractivity contribution is 5.78. The average Bonchev–Trinajstić information content (AvgIpc) is 3.41. The summed E-state index contributed by atoms with van der Waals surface area (Å²) in [6.45, 7) is 1.42. The number of amides is 1. The lowest BCUT2D eigenvalue weighted by Crippen LogP contribution is -2.39. The number of benzene rings is 2. The molecule has 8 heteroatoms. The van der Waals surface area contributed by atoms with Crippen LogP contribution in [0.5, 0.6) is 11.5 Å². The number of ether oxygens (including phenoxy) is 2. The molecule has 0 fully saturated rings. The number of hydrogen-bond acceptors (Lipinski definition) is 6. The molecular weight excluding hydrogens is 444 g/mol. The van der Waals surface area contributed by atoms with E-state index in [4.69, 9.17) is 9.47 Å². The molecule has 2 aromatic carbocycles. The third kappa shape index (κ3) is 8.59. The molecule has 3 aromatic rings. The number of aliphatic hydroxyl groups excluding tert-OH is 1. The minimum atomic E-state index is -0.650. The number of aliphatic hydroxyl groups is 1. The van der Waals surface area contributed by atoms with Gasteiger partial charge in [0.1, 0.15) is 11.5 Å². The quantitative estimate of drug-likeness (QED) is 0.393. The average molecular weight is 479 g/mol. The molecular formula is C27H34N4O4. The maximum Gasteiger partial charge on any atom is 0.223 e. The zero-order valence-corrected chi connectivity index (χ0v) is 20.6. The van der Waals surface area contributed by atoms with Gasteiger partial charge in [0.25, 0.3) is 0 Å². The van der Waals surface area contributed by atoms with Gasteiger partial charge in [-0.2, -0.15) is 0 Å². The fourth-order valence-corrected chi connectivity index (χ4v) is 3.62. The van der Waals surface area contributed by atoms with Gasteiger partial charge in [-0.05, 0) is 48.9 Å². The predicted octanol–water partition coefficient (Wildman–Crippen LogP) is 2.94. The predicted molar refractivity (Wildman–Crippen MR) is 137 cm³/mol. The Kier molecular flexibility index (Phi) is 9.89. The van der Waals surface area contributed by atoms with Gasteiger partial charge in [0.2, 0.25) is 5.91 Å². The first-order chi connectivity index (χ1) is 17.0. The normalized spacial score (nSPS) is 12.1. The van der Waals surface area contributed by atoms with Gasteiger partial charge in [-0.3, -0.25) is 4.79 Å². The highest BCUT2D eigenvalue weighted by atomic mass is 16.5. The molecule has 1 heterocycles. The summed E-state index contributed by atoms with van der Waals surface area (Å²) in [6.07, 6.45) is 9.50. The third-order valence-electron chi connectivity index (χ3n) is 5.56. The Morgan fingerprint density at radius 3 is 2.51 bits per heavy atom. The lowest BCUT2D eigenvalue weighted by molar-refractivity contribution is -0.120. The second-order valence-electron chi connectivity index (χ2n) is 8.36. The zero-order chi connectivity index (χ0) is 25.0. The van der Waals surface area contributed by atoms with Crippen molar-refractivity contribution >= 4 is 12.0 Å². The molecule has 0 aliphatic rings. The summed E-state index contributed by atoms with van der Waals surface area (Å²) in [4.78, 5) is 18.2. The Balaban J connectivity index is 1.35. The lowest BCUT2D eigenvalue weighted by atomic mass is 10.1. The van der Waals surface area contributed by atoms with Crippen LogP contribution in [0, 0.1) is 0 Å². The van der Waals surface area contributed by atoms with E-state index in [1.165, 1.54) is 0 Å². The molecule has 186 valence electrons. The summed E-state index contributed by atoms with van der Waals surface area (Å²) in [7, 11) is 5.21. The summed E-state index contributed by atoms with van der Waals surface area (Å²) < 4.78 is 12.6. The van der Waals surface area contributed by atoms with Crippen LogP contribution in [0.2, 0.25) is 0 Å². The van der Waals surface area contributed by atoms with Crippen molar-refractivity contribution in [3.63, 3.8) is 0 Å². The van der Waals surface area contributed by atoms with Gasteiger partial charge in [-0.25, -0.2) is 4.98 Å². The fourth-order valence-electron chi connectivity index (χ4n) is 3.62. The SMILES string of the molecule is COc1cc(CCN(C)CC(O)CNC(=O)C/C=C/c2ccc(-n3ccnc3)cc2)cc(OC)c1. The van der Waals surface area contributed by atoms with Crippen LogP contribution in [0.3, 0.4) is 0 Å². The minimum absolute atomic E-state index is 0.124. The second kappa shape index (κ2) is 13.3. The van der Waals surface area contributed by atoms with Crippen LogP contribution < -0.4 is 14.8 Å². The molecule has 1 unspecified atom stereocenters. The van der Waals surface area contributed by atoms with Gasteiger partial charge in [0.15, 0.2) is 0 Å². The van der Waals surface area contributed by atoms with Crippen molar-refractivity contribution in [3.05, 3.63) is 78.4 Å². The van der Waals surface area contributed by atoms with Crippen LogP contribution in [0.4, 0.5) is 0 Å². The van der Waals surface area contributed by atoms with Gasteiger partial charge >= 0.3 is 0 Å². The minimum Gasteiger partial charge on any atom is -0.497 e. The molecule has 3 rings (SSSR count). The maximum absolute atomic E-state index is 12.1. The number of hydrogen-bond donors (Lipinski definition) is 2. The van der Waals surface area contributed by atoms with E-state index < -0.39 is 6.10 Å². The van der Waals surface area contributed by atoms with Crippen LogP contribution in [0.15, 0.2) is 67.3 Å². The van der Waals surface area contributed by atoms with Crippen molar-refractivity contribution in [3.8, 4) is 17.2 Å². The number of likely N-dealkylation sites (N-methyl/N-ethyl adjacent to an activating group) is 1. The molecule has 0 bridgehead atoms. The van der Waals surface area contributed by atoms with Gasteiger partial charge in [0.05, 0.1) is 26.7 Å². The lowest BCUT2D eigenvalue weighted by Gasteiger charge is -2.21.